The Balaban J connectivity index is 1.93. The predicted molar refractivity (Wildman–Crippen MR) is 114 cm³/mol. The van der Waals surface area contributed by atoms with E-state index < -0.39 is 23.9 Å². The minimum Gasteiger partial charge on any atom is -0.464 e. The first kappa shape index (κ1) is 21.1. The SMILES string of the molecule is CCn1cc(Br)c(C(=O)Nc2c(C(N)=O)sc3nc(C(F)F)cc(-c4ccco4)c23)n1. The highest BCUT2D eigenvalue weighted by Gasteiger charge is 2.27. The summed E-state index contributed by atoms with van der Waals surface area (Å²) in [5, 5.41) is 7.12. The molecule has 0 spiro atoms. The number of nitrogens with two attached hydrogens (primary N) is 1. The molecule has 0 fully saturated rings. The number of furan rings is 1. The molecule has 0 aliphatic carbocycles. The molecule has 3 N–H and O–H groups in total. The van der Waals surface area contributed by atoms with E-state index >= 15 is 0 Å². The van der Waals surface area contributed by atoms with Crippen LogP contribution in [0.4, 0.5) is 14.5 Å². The standard InChI is InChI=1S/C19H14BrF2N5O3S/c1-2-27-7-9(20)13(26-27)18(29)25-14-12-8(11-4-3-5-30-11)6-10(16(21)22)24-19(12)31-15(14)17(23)28/h3-7,16H,2H2,1H3,(H2,23,28)(H,25,29). The molecule has 0 saturated heterocycles. The molecular formula is C19H14BrF2N5O3S. The number of carbonyl (C=O) groups is 2. The van der Waals surface area contributed by atoms with Gasteiger partial charge in [-0.3, -0.25) is 14.3 Å². The van der Waals surface area contributed by atoms with Crippen LogP contribution >= 0.6 is 27.3 Å². The number of aryl methyl sites for hydroxylation is 1. The minimum absolute atomic E-state index is 0.0267. The lowest BCUT2D eigenvalue weighted by molar-refractivity contribution is 0.100. The molecule has 0 atom stereocenters. The molecule has 0 saturated carbocycles. The first-order chi connectivity index (χ1) is 14.8. The number of anilines is 1. The van der Waals surface area contributed by atoms with E-state index in [-0.39, 0.29) is 37.8 Å². The summed E-state index contributed by atoms with van der Waals surface area (Å²) in [5.41, 5.74) is 5.43. The average molecular weight is 510 g/mol. The number of rotatable bonds is 6. The van der Waals surface area contributed by atoms with Gasteiger partial charge in [0, 0.05) is 23.7 Å². The van der Waals surface area contributed by atoms with Crippen molar-refractivity contribution in [2.24, 2.45) is 5.73 Å². The van der Waals surface area contributed by atoms with Gasteiger partial charge in [0.25, 0.3) is 18.2 Å². The third-order valence-electron chi connectivity index (χ3n) is 4.41. The van der Waals surface area contributed by atoms with Gasteiger partial charge in [-0.25, -0.2) is 13.8 Å². The van der Waals surface area contributed by atoms with Crippen molar-refractivity contribution in [3.8, 4) is 11.3 Å². The molecular weight excluding hydrogens is 496 g/mol. The van der Waals surface area contributed by atoms with Gasteiger partial charge in [0.15, 0.2) is 5.69 Å². The molecule has 0 bridgehead atoms. The van der Waals surface area contributed by atoms with Crippen LogP contribution in [0.15, 0.2) is 39.5 Å². The minimum atomic E-state index is -2.84. The van der Waals surface area contributed by atoms with Gasteiger partial charge in [-0.2, -0.15) is 5.10 Å². The first-order valence-corrected chi connectivity index (χ1v) is 10.5. The highest BCUT2D eigenvalue weighted by Crippen LogP contribution is 2.42. The Morgan fingerprint density at radius 3 is 2.77 bits per heavy atom. The largest absolute Gasteiger partial charge is 0.464 e. The summed E-state index contributed by atoms with van der Waals surface area (Å²) in [6.07, 6.45) is 0.183. The first-order valence-electron chi connectivity index (χ1n) is 8.93. The molecule has 4 aromatic heterocycles. The van der Waals surface area contributed by atoms with Crippen LogP contribution in [0.3, 0.4) is 0 Å². The number of alkyl halides is 2. The van der Waals surface area contributed by atoms with Crippen molar-refractivity contribution in [3.05, 3.63) is 51.4 Å². The molecule has 0 aliphatic heterocycles. The highest BCUT2D eigenvalue weighted by molar-refractivity contribution is 9.10. The van der Waals surface area contributed by atoms with Gasteiger partial charge in [-0.15, -0.1) is 11.3 Å². The molecule has 0 unspecified atom stereocenters. The topological polar surface area (TPSA) is 116 Å². The Kier molecular flexibility index (Phi) is 5.58. The van der Waals surface area contributed by atoms with E-state index in [1.165, 1.54) is 12.3 Å². The number of primary amides is 1. The summed E-state index contributed by atoms with van der Waals surface area (Å²) in [5.74, 6) is -1.17. The Morgan fingerprint density at radius 2 is 2.19 bits per heavy atom. The highest BCUT2D eigenvalue weighted by atomic mass is 79.9. The number of pyridine rings is 1. The van der Waals surface area contributed by atoms with Gasteiger partial charge in [0.05, 0.1) is 16.4 Å². The Hall–Kier alpha value is -3.12. The molecule has 4 rings (SSSR count). The van der Waals surface area contributed by atoms with Crippen LogP contribution in [0.5, 0.6) is 0 Å². The lowest BCUT2D eigenvalue weighted by Gasteiger charge is -2.09. The summed E-state index contributed by atoms with van der Waals surface area (Å²) >= 11 is 4.10. The average Bonchev–Trinajstić information content (AvgIpc) is 3.46. The van der Waals surface area contributed by atoms with Crippen molar-refractivity contribution in [1.29, 1.82) is 0 Å². The van der Waals surface area contributed by atoms with E-state index in [1.54, 1.807) is 23.0 Å². The van der Waals surface area contributed by atoms with Crippen molar-refractivity contribution in [3.63, 3.8) is 0 Å². The van der Waals surface area contributed by atoms with Gasteiger partial charge in [0.1, 0.15) is 21.2 Å². The number of hydrogen-bond acceptors (Lipinski definition) is 6. The summed E-state index contributed by atoms with van der Waals surface area (Å²) in [4.78, 5) is 29.1. The number of thiophene rings is 1. The molecule has 2 amide bonds. The number of fused-ring (bicyclic) bond motifs is 1. The number of nitrogens with zero attached hydrogens (tertiary/aromatic N) is 3. The molecule has 31 heavy (non-hydrogen) atoms. The Labute approximate surface area is 186 Å². The van der Waals surface area contributed by atoms with Gasteiger partial charge in [-0.1, -0.05) is 0 Å². The Morgan fingerprint density at radius 1 is 1.42 bits per heavy atom. The van der Waals surface area contributed by atoms with Crippen LogP contribution in [0, 0.1) is 0 Å². The van der Waals surface area contributed by atoms with Gasteiger partial charge in [0.2, 0.25) is 0 Å². The maximum atomic E-state index is 13.4. The fourth-order valence-electron chi connectivity index (χ4n) is 3.03. The molecule has 0 aromatic carbocycles. The van der Waals surface area contributed by atoms with Crippen molar-refractivity contribution in [2.45, 2.75) is 19.9 Å². The van der Waals surface area contributed by atoms with E-state index in [0.717, 1.165) is 11.3 Å². The zero-order valence-electron chi connectivity index (χ0n) is 15.9. The third-order valence-corrected chi connectivity index (χ3v) is 6.09. The molecule has 160 valence electrons. The van der Waals surface area contributed by atoms with Crippen molar-refractivity contribution >= 4 is 55.0 Å². The number of aromatic nitrogens is 3. The maximum absolute atomic E-state index is 13.4. The van der Waals surface area contributed by atoms with Crippen LogP contribution in [-0.2, 0) is 6.54 Å². The second-order valence-corrected chi connectivity index (χ2v) is 8.21. The summed E-state index contributed by atoms with van der Waals surface area (Å²) in [6, 6.07) is 4.34. The fraction of sp³-hybridized carbons (Fsp3) is 0.158. The number of carbonyl (C=O) groups excluding carboxylic acids is 2. The normalized spacial score (nSPS) is 11.4. The second-order valence-electron chi connectivity index (χ2n) is 6.36. The third kappa shape index (κ3) is 3.83. The fourth-order valence-corrected chi connectivity index (χ4v) is 4.54. The molecule has 4 aromatic rings. The van der Waals surface area contributed by atoms with E-state index in [0.29, 0.717) is 11.0 Å². The van der Waals surface area contributed by atoms with Crippen LogP contribution < -0.4 is 11.1 Å². The van der Waals surface area contributed by atoms with Crippen LogP contribution in [-0.4, -0.2) is 26.6 Å². The number of nitrogens with one attached hydrogen (secondary N) is 1. The zero-order chi connectivity index (χ0) is 22.3. The zero-order valence-corrected chi connectivity index (χ0v) is 18.3. The van der Waals surface area contributed by atoms with Gasteiger partial charge < -0.3 is 15.5 Å². The molecule has 12 heteroatoms. The lowest BCUT2D eigenvalue weighted by Crippen LogP contribution is -2.17. The van der Waals surface area contributed by atoms with Gasteiger partial charge in [-0.05, 0) is 41.1 Å². The van der Waals surface area contributed by atoms with Gasteiger partial charge >= 0.3 is 0 Å². The molecule has 8 nitrogen and oxygen atoms in total. The van der Waals surface area contributed by atoms with Crippen molar-refractivity contribution < 1.29 is 22.8 Å². The smallest absolute Gasteiger partial charge is 0.280 e. The summed E-state index contributed by atoms with van der Waals surface area (Å²) < 4.78 is 34.3. The molecule has 0 aliphatic rings. The number of amides is 2. The monoisotopic (exact) mass is 509 g/mol. The quantitative estimate of drug-likeness (QED) is 0.386. The number of halogens is 3. The van der Waals surface area contributed by atoms with Crippen LogP contribution in [0.1, 0.15) is 39.2 Å². The van der Waals surface area contributed by atoms with Crippen molar-refractivity contribution in [1.82, 2.24) is 14.8 Å². The lowest BCUT2D eigenvalue weighted by atomic mass is 10.1. The maximum Gasteiger partial charge on any atom is 0.280 e. The van der Waals surface area contributed by atoms with Crippen LogP contribution in [0.2, 0.25) is 0 Å². The summed E-state index contributed by atoms with van der Waals surface area (Å²) in [6.45, 7) is 2.41. The second kappa shape index (κ2) is 8.19. The molecule has 4 heterocycles. The van der Waals surface area contributed by atoms with Crippen LogP contribution in [0.25, 0.3) is 21.5 Å². The molecule has 0 radical (unpaired) electrons. The van der Waals surface area contributed by atoms with Crippen molar-refractivity contribution in [2.75, 3.05) is 5.32 Å². The predicted octanol–water partition coefficient (Wildman–Crippen LogP) is 4.82. The van der Waals surface area contributed by atoms with E-state index in [2.05, 4.69) is 31.3 Å². The van der Waals surface area contributed by atoms with E-state index in [4.69, 9.17) is 10.2 Å². The number of hydrogen-bond donors (Lipinski definition) is 2. The van der Waals surface area contributed by atoms with E-state index in [9.17, 15) is 18.4 Å². The Bertz CT molecular complexity index is 1300. The summed E-state index contributed by atoms with van der Waals surface area (Å²) in [7, 11) is 0. The van der Waals surface area contributed by atoms with E-state index in [1.807, 2.05) is 6.92 Å².